The molecular formula is C13H16BrFO2. The van der Waals surface area contributed by atoms with E-state index in [1.807, 2.05) is 13.0 Å². The number of methoxy groups -OCH3 is 1. The molecule has 0 bridgehead atoms. The number of hydrogen-bond acceptors (Lipinski definition) is 2. The standard InChI is InChI=1S/C13H16BrFO2/c1-13(5-3-4-6-17-13)9-7-10(14)12(16-2)11(15)8-9/h7-8H,3-6H2,1-2H3. The van der Waals surface area contributed by atoms with Crippen LogP contribution >= 0.6 is 15.9 Å². The van der Waals surface area contributed by atoms with Crippen LogP contribution in [0.2, 0.25) is 0 Å². The molecule has 2 rings (SSSR count). The van der Waals surface area contributed by atoms with E-state index in [-0.39, 0.29) is 17.2 Å². The van der Waals surface area contributed by atoms with E-state index in [2.05, 4.69) is 15.9 Å². The number of hydrogen-bond donors (Lipinski definition) is 0. The number of benzene rings is 1. The summed E-state index contributed by atoms with van der Waals surface area (Å²) in [4.78, 5) is 0. The lowest BCUT2D eigenvalue weighted by molar-refractivity contribution is -0.0703. The quantitative estimate of drug-likeness (QED) is 0.822. The van der Waals surface area contributed by atoms with Gasteiger partial charge in [0, 0.05) is 6.61 Å². The molecule has 1 atom stereocenters. The summed E-state index contributed by atoms with van der Waals surface area (Å²) in [5.41, 5.74) is 0.482. The second-order valence-electron chi connectivity index (χ2n) is 4.51. The van der Waals surface area contributed by atoms with Crippen molar-refractivity contribution in [2.24, 2.45) is 0 Å². The average molecular weight is 303 g/mol. The van der Waals surface area contributed by atoms with Crippen LogP contribution in [0.15, 0.2) is 16.6 Å². The highest BCUT2D eigenvalue weighted by atomic mass is 79.9. The fraction of sp³-hybridized carbons (Fsp3) is 0.538. The van der Waals surface area contributed by atoms with Gasteiger partial charge in [0.15, 0.2) is 11.6 Å². The number of halogens is 2. The van der Waals surface area contributed by atoms with Gasteiger partial charge in [-0.25, -0.2) is 4.39 Å². The predicted octanol–water partition coefficient (Wildman–Crippen LogP) is 4.01. The molecule has 0 amide bonds. The Morgan fingerprint density at radius 1 is 1.41 bits per heavy atom. The van der Waals surface area contributed by atoms with Crippen molar-refractivity contribution in [3.63, 3.8) is 0 Å². The van der Waals surface area contributed by atoms with Crippen molar-refractivity contribution in [3.05, 3.63) is 28.0 Å². The minimum atomic E-state index is -0.381. The van der Waals surface area contributed by atoms with Gasteiger partial charge in [-0.2, -0.15) is 0 Å². The molecule has 1 aliphatic heterocycles. The van der Waals surface area contributed by atoms with Crippen molar-refractivity contribution in [1.82, 2.24) is 0 Å². The lowest BCUT2D eigenvalue weighted by Crippen LogP contribution is -2.30. The SMILES string of the molecule is COc1c(F)cc(C2(C)CCCCO2)cc1Br. The Hall–Kier alpha value is -0.610. The number of rotatable bonds is 2. The monoisotopic (exact) mass is 302 g/mol. The van der Waals surface area contributed by atoms with E-state index < -0.39 is 0 Å². The van der Waals surface area contributed by atoms with Gasteiger partial charge in [0.2, 0.25) is 0 Å². The van der Waals surface area contributed by atoms with Gasteiger partial charge in [-0.1, -0.05) is 0 Å². The summed E-state index contributed by atoms with van der Waals surface area (Å²) in [5.74, 6) is -0.111. The van der Waals surface area contributed by atoms with E-state index in [4.69, 9.17) is 9.47 Å². The molecular weight excluding hydrogens is 287 g/mol. The average Bonchev–Trinajstić information content (AvgIpc) is 2.29. The van der Waals surface area contributed by atoms with Gasteiger partial charge < -0.3 is 9.47 Å². The molecule has 17 heavy (non-hydrogen) atoms. The lowest BCUT2D eigenvalue weighted by Gasteiger charge is -2.34. The zero-order valence-corrected chi connectivity index (χ0v) is 11.6. The summed E-state index contributed by atoms with van der Waals surface area (Å²) >= 11 is 3.33. The van der Waals surface area contributed by atoms with Crippen LogP contribution in [0.5, 0.6) is 5.75 Å². The lowest BCUT2D eigenvalue weighted by atomic mass is 9.88. The fourth-order valence-electron chi connectivity index (χ4n) is 2.22. The van der Waals surface area contributed by atoms with Crippen LogP contribution in [0, 0.1) is 5.82 Å². The number of ether oxygens (including phenoxy) is 2. The third-order valence-electron chi connectivity index (χ3n) is 3.28. The second kappa shape index (κ2) is 4.94. The molecule has 1 saturated heterocycles. The Morgan fingerprint density at radius 3 is 2.71 bits per heavy atom. The smallest absolute Gasteiger partial charge is 0.168 e. The third kappa shape index (κ3) is 2.47. The van der Waals surface area contributed by atoms with Crippen molar-refractivity contribution < 1.29 is 13.9 Å². The van der Waals surface area contributed by atoms with Gasteiger partial charge in [0.1, 0.15) is 0 Å². The minimum Gasteiger partial charge on any atom is -0.492 e. The Bertz CT molecular complexity index is 391. The summed E-state index contributed by atoms with van der Waals surface area (Å²) in [6.45, 7) is 2.75. The Morgan fingerprint density at radius 2 is 2.18 bits per heavy atom. The molecule has 0 spiro atoms. The highest BCUT2D eigenvalue weighted by Gasteiger charge is 2.31. The first-order chi connectivity index (χ1) is 8.07. The minimum absolute atomic E-state index is 0.244. The van der Waals surface area contributed by atoms with Gasteiger partial charge in [0.25, 0.3) is 0 Å². The molecule has 2 nitrogen and oxygen atoms in total. The molecule has 1 aliphatic rings. The van der Waals surface area contributed by atoms with Gasteiger partial charge in [0.05, 0.1) is 17.2 Å². The highest BCUT2D eigenvalue weighted by Crippen LogP contribution is 2.39. The normalized spacial score (nSPS) is 24.7. The van der Waals surface area contributed by atoms with Crippen molar-refractivity contribution in [1.29, 1.82) is 0 Å². The summed E-state index contributed by atoms with van der Waals surface area (Å²) in [6, 6.07) is 3.39. The van der Waals surface area contributed by atoms with Crippen molar-refractivity contribution in [2.75, 3.05) is 13.7 Å². The van der Waals surface area contributed by atoms with E-state index in [0.717, 1.165) is 31.4 Å². The molecule has 1 unspecified atom stereocenters. The molecule has 0 radical (unpaired) electrons. The van der Waals surface area contributed by atoms with Gasteiger partial charge in [-0.3, -0.25) is 0 Å². The van der Waals surface area contributed by atoms with Crippen LogP contribution in [0.4, 0.5) is 4.39 Å². The van der Waals surface area contributed by atoms with Crippen LogP contribution in [-0.4, -0.2) is 13.7 Å². The molecule has 0 aromatic heterocycles. The molecule has 0 N–H and O–H groups in total. The second-order valence-corrected chi connectivity index (χ2v) is 5.36. The van der Waals surface area contributed by atoms with E-state index in [9.17, 15) is 4.39 Å². The summed E-state index contributed by atoms with van der Waals surface area (Å²) in [7, 11) is 1.46. The first-order valence-electron chi connectivity index (χ1n) is 5.74. The molecule has 0 saturated carbocycles. The summed E-state index contributed by atoms with van der Waals surface area (Å²) in [6.07, 6.45) is 3.11. The van der Waals surface area contributed by atoms with Crippen LogP contribution in [0.25, 0.3) is 0 Å². The van der Waals surface area contributed by atoms with E-state index in [0.29, 0.717) is 4.47 Å². The Labute approximate surface area is 109 Å². The maximum atomic E-state index is 13.8. The van der Waals surface area contributed by atoms with Crippen molar-refractivity contribution in [2.45, 2.75) is 31.8 Å². The first kappa shape index (κ1) is 12.8. The molecule has 1 fully saturated rings. The van der Waals surface area contributed by atoms with E-state index >= 15 is 0 Å². The molecule has 4 heteroatoms. The zero-order valence-electron chi connectivity index (χ0n) is 10.1. The molecule has 1 aromatic rings. The zero-order chi connectivity index (χ0) is 12.5. The maximum Gasteiger partial charge on any atom is 0.168 e. The topological polar surface area (TPSA) is 18.5 Å². The van der Waals surface area contributed by atoms with Crippen molar-refractivity contribution in [3.8, 4) is 5.75 Å². The summed E-state index contributed by atoms with van der Waals surface area (Å²) < 4.78 is 25.3. The van der Waals surface area contributed by atoms with Crippen LogP contribution in [0.1, 0.15) is 31.7 Å². The van der Waals surface area contributed by atoms with E-state index in [1.165, 1.54) is 13.2 Å². The molecule has 1 heterocycles. The highest BCUT2D eigenvalue weighted by molar-refractivity contribution is 9.10. The maximum absolute atomic E-state index is 13.8. The Balaban J connectivity index is 2.39. The molecule has 94 valence electrons. The summed E-state index contributed by atoms with van der Waals surface area (Å²) in [5, 5.41) is 0. The largest absolute Gasteiger partial charge is 0.492 e. The van der Waals surface area contributed by atoms with Crippen LogP contribution in [0.3, 0.4) is 0 Å². The van der Waals surface area contributed by atoms with Crippen LogP contribution in [-0.2, 0) is 10.3 Å². The molecule has 0 aliphatic carbocycles. The third-order valence-corrected chi connectivity index (χ3v) is 3.87. The van der Waals surface area contributed by atoms with E-state index in [1.54, 1.807) is 0 Å². The first-order valence-corrected chi connectivity index (χ1v) is 6.53. The molecule has 1 aromatic carbocycles. The predicted molar refractivity (Wildman–Crippen MR) is 67.8 cm³/mol. The van der Waals surface area contributed by atoms with Gasteiger partial charge >= 0.3 is 0 Å². The fourth-order valence-corrected chi connectivity index (χ4v) is 2.82. The van der Waals surface area contributed by atoms with Gasteiger partial charge in [-0.05, 0) is 59.8 Å². The van der Waals surface area contributed by atoms with Crippen molar-refractivity contribution >= 4 is 15.9 Å². The van der Waals surface area contributed by atoms with Gasteiger partial charge in [-0.15, -0.1) is 0 Å². The van der Waals surface area contributed by atoms with Crippen LogP contribution < -0.4 is 4.74 Å². The Kier molecular flexibility index (Phi) is 3.73.